The normalized spacial score (nSPS) is 15.0. The molecule has 0 radical (unpaired) electrons. The van der Waals surface area contributed by atoms with Gasteiger partial charge in [-0.15, -0.1) is 35.3 Å². The van der Waals surface area contributed by atoms with Crippen LogP contribution in [0.5, 0.6) is 0 Å². The minimum Gasteiger partial charge on any atom is -0.457 e. The number of likely N-dealkylation sites (tertiary alicyclic amines) is 1. The monoisotopic (exact) mass is 555 g/mol. The number of thiazole rings is 1. The van der Waals surface area contributed by atoms with E-state index in [2.05, 4.69) is 15.3 Å². The number of nitrogens with two attached hydrogens (primary N) is 1. The van der Waals surface area contributed by atoms with Crippen LogP contribution in [0.25, 0.3) is 21.0 Å². The van der Waals surface area contributed by atoms with E-state index in [-0.39, 0.29) is 36.1 Å². The smallest absolute Gasteiger partial charge is 0.409 e. The third-order valence-corrected chi connectivity index (χ3v) is 6.00. The Morgan fingerprint density at radius 3 is 2.84 bits per heavy atom. The van der Waals surface area contributed by atoms with E-state index in [1.54, 1.807) is 16.2 Å². The number of para-hydroxylation sites is 1. The molecule has 0 bridgehead atoms. The molecule has 1 aliphatic rings. The number of piperidine rings is 1. The molecule has 1 amide bonds. The van der Waals surface area contributed by atoms with Gasteiger partial charge in [0, 0.05) is 19.1 Å². The number of amides is 1. The van der Waals surface area contributed by atoms with Gasteiger partial charge in [-0.1, -0.05) is 12.1 Å². The number of furan rings is 1. The number of fused-ring (bicyclic) bond motifs is 1. The highest BCUT2D eigenvalue weighted by molar-refractivity contribution is 14.0. The van der Waals surface area contributed by atoms with Crippen LogP contribution in [-0.2, 0) is 11.3 Å². The summed E-state index contributed by atoms with van der Waals surface area (Å²) in [6.07, 6.45) is 1.36. The number of hydrogen-bond acceptors (Lipinski definition) is 6. The molecule has 1 fully saturated rings. The van der Waals surface area contributed by atoms with Crippen LogP contribution in [0, 0.1) is 0 Å². The van der Waals surface area contributed by atoms with Crippen molar-refractivity contribution < 1.29 is 13.9 Å². The average Bonchev–Trinajstić information content (AvgIpc) is 3.40. The number of rotatable bonds is 5. The molecule has 3 N–H and O–H groups in total. The summed E-state index contributed by atoms with van der Waals surface area (Å²) >= 11 is 1.60. The number of benzene rings is 1. The van der Waals surface area contributed by atoms with E-state index in [1.807, 2.05) is 43.3 Å². The van der Waals surface area contributed by atoms with Crippen molar-refractivity contribution in [3.63, 3.8) is 0 Å². The number of aliphatic imine (C=N–C) groups is 1. The van der Waals surface area contributed by atoms with Crippen molar-refractivity contribution in [2.45, 2.75) is 32.4 Å². The molecular formula is C21H26IN5O3S. The Morgan fingerprint density at radius 2 is 2.10 bits per heavy atom. The molecule has 2 aromatic heterocycles. The number of ether oxygens (including phenoxy) is 1. The Bertz CT molecular complexity index is 1010. The summed E-state index contributed by atoms with van der Waals surface area (Å²) in [6.45, 7) is 3.85. The molecule has 0 saturated carbocycles. The third-order valence-electron chi connectivity index (χ3n) is 4.94. The standard InChI is InChI=1S/C21H25N5O3S.HI/c1-2-28-21(27)26-11-9-14(10-12-26)24-20(22)23-13-15-7-8-17(29-15)19-25-16-5-3-4-6-18(16)30-19;/h3-8,14H,2,9-13H2,1H3,(H3,22,23,24);1H. The Balaban J connectivity index is 0.00000272. The van der Waals surface area contributed by atoms with Crippen LogP contribution in [0.15, 0.2) is 45.8 Å². The van der Waals surface area contributed by atoms with Crippen LogP contribution < -0.4 is 11.1 Å². The highest BCUT2D eigenvalue weighted by Crippen LogP contribution is 2.31. The lowest BCUT2D eigenvalue weighted by molar-refractivity contribution is 0.0963. The first-order chi connectivity index (χ1) is 14.6. The van der Waals surface area contributed by atoms with Gasteiger partial charge in [-0.05, 0) is 44.0 Å². The predicted molar refractivity (Wildman–Crippen MR) is 133 cm³/mol. The van der Waals surface area contributed by atoms with Crippen molar-refractivity contribution in [2.75, 3.05) is 19.7 Å². The summed E-state index contributed by atoms with van der Waals surface area (Å²) in [5.41, 5.74) is 7.01. The summed E-state index contributed by atoms with van der Waals surface area (Å²) < 4.78 is 12.1. The number of carbonyl (C=O) groups excluding carboxylic acids is 1. The van der Waals surface area contributed by atoms with Gasteiger partial charge in [-0.2, -0.15) is 0 Å². The second kappa shape index (κ2) is 10.8. The number of halogens is 1. The lowest BCUT2D eigenvalue weighted by Gasteiger charge is -2.31. The van der Waals surface area contributed by atoms with Gasteiger partial charge in [0.15, 0.2) is 16.7 Å². The van der Waals surface area contributed by atoms with Gasteiger partial charge >= 0.3 is 6.09 Å². The zero-order valence-electron chi connectivity index (χ0n) is 17.2. The lowest BCUT2D eigenvalue weighted by atomic mass is 10.1. The summed E-state index contributed by atoms with van der Waals surface area (Å²) in [7, 11) is 0. The first-order valence-electron chi connectivity index (χ1n) is 10.0. The van der Waals surface area contributed by atoms with E-state index in [1.165, 1.54) is 0 Å². The molecule has 166 valence electrons. The number of nitrogens with one attached hydrogen (secondary N) is 1. The van der Waals surface area contributed by atoms with Crippen LogP contribution in [0.2, 0.25) is 0 Å². The van der Waals surface area contributed by atoms with Crippen LogP contribution in [0.4, 0.5) is 4.79 Å². The van der Waals surface area contributed by atoms with E-state index < -0.39 is 0 Å². The highest BCUT2D eigenvalue weighted by atomic mass is 127. The SMILES string of the molecule is CCOC(=O)N1CCC(NC(N)=NCc2ccc(-c3nc4ccccc4s3)o2)CC1.I. The molecule has 0 unspecified atom stereocenters. The number of carbonyl (C=O) groups is 1. The van der Waals surface area contributed by atoms with Crippen LogP contribution in [0.3, 0.4) is 0 Å². The quantitative estimate of drug-likeness (QED) is 0.278. The Morgan fingerprint density at radius 1 is 1.32 bits per heavy atom. The summed E-state index contributed by atoms with van der Waals surface area (Å²) in [6, 6.07) is 12.0. The van der Waals surface area contributed by atoms with Crippen molar-refractivity contribution in [2.24, 2.45) is 10.7 Å². The number of hydrogen-bond donors (Lipinski definition) is 2. The van der Waals surface area contributed by atoms with Gasteiger partial charge in [-0.3, -0.25) is 0 Å². The molecule has 0 atom stereocenters. The van der Waals surface area contributed by atoms with Crippen LogP contribution >= 0.6 is 35.3 Å². The minimum absolute atomic E-state index is 0. The first-order valence-corrected chi connectivity index (χ1v) is 10.9. The predicted octanol–water partition coefficient (Wildman–Crippen LogP) is 4.20. The second-order valence-electron chi connectivity index (χ2n) is 7.06. The van der Waals surface area contributed by atoms with Crippen molar-refractivity contribution in [1.82, 2.24) is 15.2 Å². The first kappa shape index (κ1) is 23.3. The lowest BCUT2D eigenvalue weighted by Crippen LogP contribution is -2.48. The van der Waals surface area contributed by atoms with Crippen LogP contribution in [-0.4, -0.2) is 47.7 Å². The van der Waals surface area contributed by atoms with Gasteiger partial charge in [-0.25, -0.2) is 14.8 Å². The van der Waals surface area contributed by atoms with E-state index >= 15 is 0 Å². The fourth-order valence-electron chi connectivity index (χ4n) is 3.39. The van der Waals surface area contributed by atoms with Crippen molar-refractivity contribution in [1.29, 1.82) is 0 Å². The third kappa shape index (κ3) is 5.88. The maximum atomic E-state index is 11.8. The van der Waals surface area contributed by atoms with Gasteiger partial charge < -0.3 is 25.1 Å². The number of aromatic nitrogens is 1. The summed E-state index contributed by atoms with van der Waals surface area (Å²) in [5.74, 6) is 1.84. The van der Waals surface area contributed by atoms with Gasteiger partial charge in [0.2, 0.25) is 0 Å². The largest absolute Gasteiger partial charge is 0.457 e. The van der Waals surface area contributed by atoms with E-state index in [4.69, 9.17) is 14.9 Å². The van der Waals surface area contributed by atoms with E-state index in [0.29, 0.717) is 32.2 Å². The Hall–Kier alpha value is -2.34. The molecule has 3 aromatic rings. The molecule has 8 nitrogen and oxygen atoms in total. The molecule has 1 aliphatic heterocycles. The average molecular weight is 555 g/mol. The molecule has 1 aromatic carbocycles. The Kier molecular flexibility index (Phi) is 8.13. The van der Waals surface area contributed by atoms with Crippen molar-refractivity contribution >= 4 is 57.6 Å². The molecule has 1 saturated heterocycles. The zero-order valence-corrected chi connectivity index (χ0v) is 20.4. The fraction of sp³-hybridized carbons (Fsp3) is 0.381. The Labute approximate surface area is 201 Å². The molecular weight excluding hydrogens is 529 g/mol. The van der Waals surface area contributed by atoms with Gasteiger partial charge in [0.25, 0.3) is 0 Å². The highest BCUT2D eigenvalue weighted by Gasteiger charge is 2.23. The van der Waals surface area contributed by atoms with Gasteiger partial charge in [0.1, 0.15) is 12.3 Å². The topological polar surface area (TPSA) is 106 Å². The molecule has 0 aliphatic carbocycles. The molecule has 10 heteroatoms. The summed E-state index contributed by atoms with van der Waals surface area (Å²) in [5, 5.41) is 4.09. The summed E-state index contributed by atoms with van der Waals surface area (Å²) in [4.78, 5) is 22.5. The fourth-order valence-corrected chi connectivity index (χ4v) is 4.32. The molecule has 0 spiro atoms. The number of nitrogens with zero attached hydrogens (tertiary/aromatic N) is 3. The zero-order chi connectivity index (χ0) is 20.9. The maximum absolute atomic E-state index is 11.8. The number of guanidine groups is 1. The van der Waals surface area contributed by atoms with Gasteiger partial charge in [0.05, 0.1) is 16.8 Å². The maximum Gasteiger partial charge on any atom is 0.409 e. The molecule has 3 heterocycles. The molecule has 31 heavy (non-hydrogen) atoms. The minimum atomic E-state index is -0.251. The van der Waals surface area contributed by atoms with E-state index in [9.17, 15) is 4.79 Å². The molecule has 4 rings (SSSR count). The second-order valence-corrected chi connectivity index (χ2v) is 8.09. The van der Waals surface area contributed by atoms with Crippen molar-refractivity contribution in [3.8, 4) is 10.8 Å². The van der Waals surface area contributed by atoms with Crippen LogP contribution in [0.1, 0.15) is 25.5 Å². The van der Waals surface area contributed by atoms with Crippen molar-refractivity contribution in [3.05, 3.63) is 42.2 Å². The van der Waals surface area contributed by atoms with E-state index in [0.717, 1.165) is 39.6 Å².